The number of aliphatic imine (C=N–C) groups is 2. The van der Waals surface area contributed by atoms with Crippen molar-refractivity contribution in [1.29, 1.82) is 5.41 Å². The van der Waals surface area contributed by atoms with Crippen molar-refractivity contribution in [3.8, 4) is 0 Å². The van der Waals surface area contributed by atoms with Gasteiger partial charge in [0.25, 0.3) is 0 Å². The average Bonchev–Trinajstić information content (AvgIpc) is 2.82. The third-order valence-corrected chi connectivity index (χ3v) is 4.90. The Morgan fingerprint density at radius 2 is 2.15 bits per heavy atom. The Morgan fingerprint density at radius 1 is 1.38 bits per heavy atom. The molecule has 0 amide bonds. The number of rotatable bonds is 13. The summed E-state index contributed by atoms with van der Waals surface area (Å²) in [6.45, 7) is 12.6. The van der Waals surface area contributed by atoms with Crippen LogP contribution in [0.1, 0.15) is 32.8 Å². The highest BCUT2D eigenvalue weighted by atomic mass is 32.1. The molecular weight excluding hydrogens is 444 g/mol. The van der Waals surface area contributed by atoms with Gasteiger partial charge in [-0.2, -0.15) is 0 Å². The van der Waals surface area contributed by atoms with E-state index in [2.05, 4.69) is 34.1 Å². The molecule has 1 aromatic heterocycles. The predicted molar refractivity (Wildman–Crippen MR) is 150 cm³/mol. The summed E-state index contributed by atoms with van der Waals surface area (Å²) < 4.78 is 4.97. The van der Waals surface area contributed by atoms with Crippen molar-refractivity contribution < 1.29 is 4.74 Å². The normalized spacial score (nSPS) is 13.9. The summed E-state index contributed by atoms with van der Waals surface area (Å²) in [5.41, 5.74) is 3.79. The largest absolute Gasteiger partial charge is 0.365 e. The number of allylic oxidation sites excluding steroid dienone is 5. The Morgan fingerprint density at radius 3 is 2.76 bits per heavy atom. The molecule has 1 unspecified atom stereocenters. The number of ether oxygens (including phenoxy) is 1. The van der Waals surface area contributed by atoms with E-state index in [0.717, 1.165) is 23.1 Å². The van der Waals surface area contributed by atoms with Crippen LogP contribution in [0.2, 0.25) is 0 Å². The van der Waals surface area contributed by atoms with E-state index in [0.29, 0.717) is 35.7 Å². The first kappa shape index (κ1) is 28.8. The first-order valence-corrected chi connectivity index (χ1v) is 11.5. The minimum Gasteiger partial charge on any atom is -0.365 e. The van der Waals surface area contributed by atoms with Crippen LogP contribution in [0.3, 0.4) is 0 Å². The first-order chi connectivity index (χ1) is 16.4. The van der Waals surface area contributed by atoms with Crippen LogP contribution in [-0.2, 0) is 4.74 Å². The molecular formula is C26H36N6OS. The van der Waals surface area contributed by atoms with E-state index in [9.17, 15) is 0 Å². The zero-order valence-electron chi connectivity index (χ0n) is 20.8. The third kappa shape index (κ3) is 10.6. The molecule has 1 heterocycles. The zero-order valence-corrected chi connectivity index (χ0v) is 21.6. The molecule has 1 aromatic rings. The number of methoxy groups -OCH3 is 1. The van der Waals surface area contributed by atoms with Gasteiger partial charge >= 0.3 is 0 Å². The summed E-state index contributed by atoms with van der Waals surface area (Å²) in [4.78, 5) is 14.0. The molecule has 0 aliphatic heterocycles. The number of aromatic nitrogens is 1. The number of nitrogens with zero attached hydrogens (tertiary/aromatic N) is 3. The second-order valence-electron chi connectivity index (χ2n) is 7.44. The summed E-state index contributed by atoms with van der Waals surface area (Å²) in [6, 6.07) is 3.77. The van der Waals surface area contributed by atoms with Gasteiger partial charge < -0.3 is 20.8 Å². The maximum atomic E-state index is 8.02. The fourth-order valence-corrected chi connectivity index (χ4v) is 2.85. The van der Waals surface area contributed by atoms with E-state index in [1.54, 1.807) is 19.4 Å². The van der Waals surface area contributed by atoms with Crippen LogP contribution in [0.25, 0.3) is 0 Å². The van der Waals surface area contributed by atoms with Crippen molar-refractivity contribution in [2.24, 2.45) is 15.9 Å². The summed E-state index contributed by atoms with van der Waals surface area (Å²) in [5, 5.41) is 14.4. The molecule has 0 saturated carbocycles. The Balaban J connectivity index is 3.31. The van der Waals surface area contributed by atoms with Gasteiger partial charge in [-0.3, -0.25) is 4.99 Å². The molecule has 0 saturated heterocycles. The Hall–Kier alpha value is -3.23. The van der Waals surface area contributed by atoms with Crippen LogP contribution < -0.4 is 10.6 Å². The van der Waals surface area contributed by atoms with Crippen molar-refractivity contribution in [3.05, 3.63) is 65.8 Å². The quantitative estimate of drug-likeness (QED) is 0.145. The molecule has 8 heteroatoms. The lowest BCUT2D eigenvalue weighted by atomic mass is 10.0. The smallest absolute Gasteiger partial charge is 0.173 e. The molecule has 0 fully saturated rings. The van der Waals surface area contributed by atoms with Gasteiger partial charge in [-0.05, 0) is 62.7 Å². The zero-order chi connectivity index (χ0) is 25.3. The number of nitrogens with one attached hydrogen (secondary N) is 3. The number of anilines is 1. The number of pyridine rings is 1. The number of thiocarbonyl (C=S) groups is 1. The molecule has 1 atom stereocenters. The van der Waals surface area contributed by atoms with Gasteiger partial charge in [-0.25, -0.2) is 9.98 Å². The van der Waals surface area contributed by atoms with E-state index in [4.69, 9.17) is 27.4 Å². The topological polar surface area (TPSA) is 94.8 Å². The van der Waals surface area contributed by atoms with E-state index in [-0.39, 0.29) is 5.92 Å². The molecule has 7 nitrogen and oxygen atoms in total. The van der Waals surface area contributed by atoms with E-state index < -0.39 is 0 Å². The van der Waals surface area contributed by atoms with Gasteiger partial charge in [0.1, 0.15) is 12.5 Å². The highest BCUT2D eigenvalue weighted by molar-refractivity contribution is 7.80. The van der Waals surface area contributed by atoms with E-state index in [1.807, 2.05) is 57.2 Å². The summed E-state index contributed by atoms with van der Waals surface area (Å²) in [7, 11) is 1.58. The summed E-state index contributed by atoms with van der Waals surface area (Å²) in [5.74, 6) is 0.731. The first-order valence-electron chi connectivity index (χ1n) is 11.1. The van der Waals surface area contributed by atoms with E-state index in [1.165, 1.54) is 6.21 Å². The molecule has 0 radical (unpaired) electrons. The Kier molecular flexibility index (Phi) is 13.9. The number of hydrogen-bond donors (Lipinski definition) is 3. The highest BCUT2D eigenvalue weighted by Crippen LogP contribution is 2.20. The van der Waals surface area contributed by atoms with Crippen molar-refractivity contribution in [3.63, 3.8) is 0 Å². The fourth-order valence-electron chi connectivity index (χ4n) is 2.68. The Bertz CT molecular complexity index is 991. The Labute approximate surface area is 209 Å². The molecule has 34 heavy (non-hydrogen) atoms. The molecule has 182 valence electrons. The highest BCUT2D eigenvalue weighted by Gasteiger charge is 2.12. The second kappa shape index (κ2) is 16.4. The van der Waals surface area contributed by atoms with Crippen LogP contribution in [0, 0.1) is 18.3 Å². The molecule has 0 aromatic carbocycles. The molecule has 0 aliphatic carbocycles. The van der Waals surface area contributed by atoms with Crippen molar-refractivity contribution in [1.82, 2.24) is 10.3 Å². The van der Waals surface area contributed by atoms with Gasteiger partial charge in [-0.15, -0.1) is 0 Å². The lowest BCUT2D eigenvalue weighted by Crippen LogP contribution is -2.30. The predicted octanol–water partition coefficient (Wildman–Crippen LogP) is 5.73. The minimum atomic E-state index is -0.389. The standard InChI is InChI=1S/C26H36N6OS/c1-7-10-21(11-8-2)16-28-17-22(15-27)23(14-19(4)9-3)30-25-20(5)12-13-24(31-25)32-26(34)29-18-33-6/h7-8,10-15,17,22,27H,1,9,16,18H2,2-6H3,(H2,29,31,32,34). The van der Waals surface area contributed by atoms with Crippen LogP contribution in [0.15, 0.2) is 70.2 Å². The van der Waals surface area contributed by atoms with Gasteiger partial charge in [0.2, 0.25) is 0 Å². The molecule has 0 bridgehead atoms. The second-order valence-corrected chi connectivity index (χ2v) is 7.85. The van der Waals surface area contributed by atoms with Crippen LogP contribution in [-0.4, -0.2) is 48.6 Å². The monoisotopic (exact) mass is 480 g/mol. The maximum absolute atomic E-state index is 8.02. The summed E-state index contributed by atoms with van der Waals surface area (Å²) >= 11 is 5.25. The maximum Gasteiger partial charge on any atom is 0.173 e. The average molecular weight is 481 g/mol. The fraction of sp³-hybridized carbons (Fsp3) is 0.346. The number of aryl methyl sites for hydroxylation is 1. The SMILES string of the molecule is C=CC=C(C=CC)CN=CC(C=N)C(C=C(C)CC)=Nc1nc(NC(=S)NCOC)ccc1C. The molecule has 3 N–H and O–H groups in total. The van der Waals surface area contributed by atoms with Gasteiger partial charge in [-0.1, -0.05) is 49.4 Å². The van der Waals surface area contributed by atoms with Gasteiger partial charge in [0.15, 0.2) is 10.9 Å². The van der Waals surface area contributed by atoms with E-state index >= 15 is 0 Å². The van der Waals surface area contributed by atoms with Crippen molar-refractivity contribution in [2.45, 2.75) is 34.1 Å². The van der Waals surface area contributed by atoms with Crippen LogP contribution >= 0.6 is 12.2 Å². The third-order valence-electron chi connectivity index (χ3n) is 4.65. The molecule has 0 aliphatic rings. The van der Waals surface area contributed by atoms with Gasteiger partial charge in [0.05, 0.1) is 18.2 Å². The van der Waals surface area contributed by atoms with Crippen LogP contribution in [0.4, 0.5) is 11.6 Å². The van der Waals surface area contributed by atoms with Crippen molar-refractivity contribution in [2.75, 3.05) is 25.7 Å². The molecule has 0 spiro atoms. The minimum absolute atomic E-state index is 0.298. The lowest BCUT2D eigenvalue weighted by molar-refractivity contribution is 0.192. The van der Waals surface area contributed by atoms with Crippen molar-refractivity contribution >= 4 is 47.1 Å². The van der Waals surface area contributed by atoms with Crippen LogP contribution in [0.5, 0.6) is 0 Å². The molecule has 1 rings (SSSR count). The summed E-state index contributed by atoms with van der Waals surface area (Å²) in [6.07, 6.45) is 13.6. The lowest BCUT2D eigenvalue weighted by Gasteiger charge is -2.12. The van der Waals surface area contributed by atoms with Gasteiger partial charge in [0, 0.05) is 19.5 Å². The number of hydrogen-bond acceptors (Lipinski definition) is 6.